The van der Waals surface area contributed by atoms with Gasteiger partial charge in [0.1, 0.15) is 17.4 Å². The van der Waals surface area contributed by atoms with Crippen LogP contribution >= 0.6 is 11.3 Å². The molecule has 0 spiro atoms. The minimum Gasteiger partial charge on any atom is -0.492 e. The van der Waals surface area contributed by atoms with Crippen LogP contribution in [0.1, 0.15) is 19.4 Å². The summed E-state index contributed by atoms with van der Waals surface area (Å²) < 4.78 is 18.8. The lowest BCUT2D eigenvalue weighted by Gasteiger charge is -2.33. The first-order valence-corrected chi connectivity index (χ1v) is 11.8. The standard InChI is InChI=1S/C26H24N2O4S/c1-3-30-21-14-9-15-22-23(21)27-26(33-22)28(16-18-10-5-4-6-11-18)25(29)24-17(2)31-19-12-7-8-13-20(19)32-24/h4-15,17,24H,3,16H2,1-2H3. The maximum atomic E-state index is 13.9. The second kappa shape index (κ2) is 9.11. The number of fused-ring (bicyclic) bond motifs is 2. The molecule has 1 aliphatic heterocycles. The summed E-state index contributed by atoms with van der Waals surface area (Å²) in [6.07, 6.45) is -1.24. The van der Waals surface area contributed by atoms with Gasteiger partial charge in [-0.15, -0.1) is 0 Å². The lowest BCUT2D eigenvalue weighted by molar-refractivity contribution is -0.130. The third kappa shape index (κ3) is 4.24. The average molecular weight is 461 g/mol. The highest BCUT2D eigenvalue weighted by molar-refractivity contribution is 7.22. The number of hydrogen-bond donors (Lipinski definition) is 0. The summed E-state index contributed by atoms with van der Waals surface area (Å²) in [5.41, 5.74) is 1.75. The van der Waals surface area contributed by atoms with Crippen molar-refractivity contribution in [2.75, 3.05) is 11.5 Å². The van der Waals surface area contributed by atoms with Gasteiger partial charge in [-0.2, -0.15) is 0 Å². The van der Waals surface area contributed by atoms with Crippen LogP contribution in [0, 0.1) is 0 Å². The van der Waals surface area contributed by atoms with Gasteiger partial charge in [0.15, 0.2) is 16.6 Å². The molecule has 168 valence electrons. The Morgan fingerprint density at radius 2 is 1.73 bits per heavy atom. The second-order valence-corrected chi connectivity index (χ2v) is 8.76. The number of aromatic nitrogens is 1. The van der Waals surface area contributed by atoms with Crippen molar-refractivity contribution in [1.82, 2.24) is 4.98 Å². The van der Waals surface area contributed by atoms with Crippen molar-refractivity contribution in [2.24, 2.45) is 0 Å². The first-order valence-electron chi connectivity index (χ1n) is 10.9. The number of carbonyl (C=O) groups excluding carboxylic acids is 1. The van der Waals surface area contributed by atoms with E-state index in [-0.39, 0.29) is 5.91 Å². The van der Waals surface area contributed by atoms with E-state index in [4.69, 9.17) is 19.2 Å². The average Bonchev–Trinajstić information content (AvgIpc) is 3.27. The molecule has 7 heteroatoms. The molecular formula is C26H24N2O4S. The molecule has 0 fully saturated rings. The van der Waals surface area contributed by atoms with E-state index in [1.165, 1.54) is 11.3 Å². The Labute approximate surface area is 196 Å². The minimum atomic E-state index is -0.790. The second-order valence-electron chi connectivity index (χ2n) is 7.75. The van der Waals surface area contributed by atoms with Crippen molar-refractivity contribution < 1.29 is 19.0 Å². The smallest absolute Gasteiger partial charge is 0.274 e. The molecule has 5 rings (SSSR count). The molecule has 1 aromatic heterocycles. The Morgan fingerprint density at radius 1 is 1.00 bits per heavy atom. The molecule has 2 heterocycles. The number of hydrogen-bond acceptors (Lipinski definition) is 6. The maximum Gasteiger partial charge on any atom is 0.274 e. The van der Waals surface area contributed by atoms with Gasteiger partial charge >= 0.3 is 0 Å². The van der Waals surface area contributed by atoms with Crippen molar-refractivity contribution in [3.05, 3.63) is 78.4 Å². The number of ether oxygens (including phenoxy) is 3. The molecule has 0 radical (unpaired) electrons. The summed E-state index contributed by atoms with van der Waals surface area (Å²) in [5.74, 6) is 1.73. The van der Waals surface area contributed by atoms with Gasteiger partial charge in [-0.1, -0.05) is 59.9 Å². The number of amides is 1. The van der Waals surface area contributed by atoms with Crippen molar-refractivity contribution >= 4 is 32.6 Å². The zero-order valence-electron chi connectivity index (χ0n) is 18.4. The molecule has 2 atom stereocenters. The fourth-order valence-electron chi connectivity index (χ4n) is 3.85. The molecule has 4 aromatic rings. The highest BCUT2D eigenvalue weighted by atomic mass is 32.1. The van der Waals surface area contributed by atoms with Crippen LogP contribution in [0.15, 0.2) is 72.8 Å². The van der Waals surface area contributed by atoms with Crippen LogP contribution in [-0.2, 0) is 11.3 Å². The molecule has 2 unspecified atom stereocenters. The highest BCUT2D eigenvalue weighted by Crippen LogP contribution is 2.37. The summed E-state index contributed by atoms with van der Waals surface area (Å²) in [4.78, 5) is 20.4. The fraction of sp³-hybridized carbons (Fsp3) is 0.231. The van der Waals surface area contributed by atoms with Crippen LogP contribution in [0.4, 0.5) is 5.13 Å². The van der Waals surface area contributed by atoms with Crippen LogP contribution in [-0.4, -0.2) is 29.7 Å². The molecule has 0 saturated heterocycles. The van der Waals surface area contributed by atoms with Crippen molar-refractivity contribution in [3.8, 4) is 17.2 Å². The molecule has 0 bridgehead atoms. The zero-order chi connectivity index (χ0) is 22.8. The molecule has 0 N–H and O–H groups in total. The largest absolute Gasteiger partial charge is 0.492 e. The summed E-state index contributed by atoms with van der Waals surface area (Å²) in [6, 6.07) is 23.1. The van der Waals surface area contributed by atoms with Crippen LogP contribution in [0.25, 0.3) is 10.2 Å². The summed E-state index contributed by atoms with van der Waals surface area (Å²) >= 11 is 1.46. The molecule has 1 amide bonds. The van der Waals surface area contributed by atoms with Gasteiger partial charge < -0.3 is 14.2 Å². The van der Waals surface area contributed by atoms with Gasteiger partial charge in [0.2, 0.25) is 6.10 Å². The summed E-state index contributed by atoms with van der Waals surface area (Å²) in [6.45, 7) is 4.71. The van der Waals surface area contributed by atoms with Crippen molar-refractivity contribution in [3.63, 3.8) is 0 Å². The lowest BCUT2D eigenvalue weighted by Crippen LogP contribution is -2.50. The van der Waals surface area contributed by atoms with E-state index in [0.29, 0.717) is 35.5 Å². The summed E-state index contributed by atoms with van der Waals surface area (Å²) in [5, 5.41) is 0.598. The third-order valence-corrected chi connectivity index (χ3v) is 6.48. The Morgan fingerprint density at radius 3 is 2.48 bits per heavy atom. The van der Waals surface area contributed by atoms with Crippen LogP contribution < -0.4 is 19.1 Å². The molecule has 0 aliphatic carbocycles. The topological polar surface area (TPSA) is 60.9 Å². The predicted molar refractivity (Wildman–Crippen MR) is 129 cm³/mol. The normalized spacial score (nSPS) is 17.0. The number of para-hydroxylation sites is 3. The van der Waals surface area contributed by atoms with Crippen LogP contribution in [0.5, 0.6) is 17.2 Å². The molecule has 1 aliphatic rings. The molecule has 33 heavy (non-hydrogen) atoms. The molecule has 0 saturated carbocycles. The van der Waals surface area contributed by atoms with E-state index in [9.17, 15) is 4.79 Å². The number of anilines is 1. The quantitative estimate of drug-likeness (QED) is 0.383. The Balaban J connectivity index is 1.53. The van der Waals surface area contributed by atoms with Gasteiger partial charge in [-0.05, 0) is 43.7 Å². The SMILES string of the molecule is CCOc1cccc2sc(N(Cc3ccccc3)C(=O)C3Oc4ccccc4OC3C)nc12. The fourth-order valence-corrected chi connectivity index (χ4v) is 4.84. The van der Waals surface area contributed by atoms with Crippen molar-refractivity contribution in [1.29, 1.82) is 0 Å². The summed E-state index contributed by atoms with van der Waals surface area (Å²) in [7, 11) is 0. The van der Waals surface area contributed by atoms with Crippen molar-refractivity contribution in [2.45, 2.75) is 32.6 Å². The van der Waals surface area contributed by atoms with E-state index >= 15 is 0 Å². The lowest BCUT2D eigenvalue weighted by atomic mass is 10.1. The molecular weight excluding hydrogens is 436 g/mol. The van der Waals surface area contributed by atoms with Gasteiger partial charge in [0.05, 0.1) is 17.9 Å². The van der Waals surface area contributed by atoms with E-state index in [0.717, 1.165) is 15.8 Å². The van der Waals surface area contributed by atoms with Gasteiger partial charge in [0.25, 0.3) is 5.91 Å². The number of carbonyl (C=O) groups is 1. The minimum absolute atomic E-state index is 0.196. The van der Waals surface area contributed by atoms with Gasteiger partial charge in [-0.3, -0.25) is 9.69 Å². The number of nitrogens with zero attached hydrogens (tertiary/aromatic N) is 2. The Hall–Kier alpha value is -3.58. The molecule has 3 aromatic carbocycles. The van der Waals surface area contributed by atoms with Crippen LogP contribution in [0.2, 0.25) is 0 Å². The zero-order valence-corrected chi connectivity index (χ0v) is 19.2. The van der Waals surface area contributed by atoms with E-state index < -0.39 is 12.2 Å². The first kappa shape index (κ1) is 21.3. The van der Waals surface area contributed by atoms with E-state index in [1.54, 1.807) is 4.90 Å². The molecule has 6 nitrogen and oxygen atoms in total. The predicted octanol–water partition coefficient (Wildman–Crippen LogP) is 5.46. The third-order valence-electron chi connectivity index (χ3n) is 5.44. The first-order chi connectivity index (χ1) is 16.1. The Kier molecular flexibility index (Phi) is 5.88. The maximum absolute atomic E-state index is 13.9. The highest BCUT2D eigenvalue weighted by Gasteiger charge is 2.38. The number of benzene rings is 3. The number of rotatable bonds is 6. The van der Waals surface area contributed by atoms with Gasteiger partial charge in [-0.25, -0.2) is 4.98 Å². The van der Waals surface area contributed by atoms with E-state index in [2.05, 4.69) is 0 Å². The monoisotopic (exact) mass is 460 g/mol. The number of thiazole rings is 1. The van der Waals surface area contributed by atoms with E-state index in [1.807, 2.05) is 86.6 Å². The Bertz CT molecular complexity index is 1270. The van der Waals surface area contributed by atoms with Crippen LogP contribution in [0.3, 0.4) is 0 Å². The van der Waals surface area contributed by atoms with Gasteiger partial charge in [0, 0.05) is 0 Å².